The first kappa shape index (κ1) is 30.1. The summed E-state index contributed by atoms with van der Waals surface area (Å²) in [5.41, 5.74) is -10.8. The van der Waals surface area contributed by atoms with E-state index in [1.807, 2.05) is 0 Å². The number of carbonyl (C=O) groups excluding carboxylic acids is 2. The Labute approximate surface area is 209 Å². The highest BCUT2D eigenvalue weighted by Gasteiger charge is 2.73. The fraction of sp³-hybridized carbons (Fsp3) is 0.421. The third-order valence-corrected chi connectivity index (χ3v) is 6.07. The van der Waals surface area contributed by atoms with Gasteiger partial charge in [-0.05, 0) is 25.5 Å². The zero-order chi connectivity index (χ0) is 28.0. The van der Waals surface area contributed by atoms with Gasteiger partial charge in [0.2, 0.25) is 5.91 Å². The SMILES string of the molecule is CCCC(=O)N(C(=O)c1sc(C)nc1C(F)(F)F)c1c(Cl)cc(C(F)(C(F)(F)F)C(F)(F)F)cc1Cl. The molecule has 0 atom stereocenters. The summed E-state index contributed by atoms with van der Waals surface area (Å²) >= 11 is 11.8. The van der Waals surface area contributed by atoms with Crippen LogP contribution in [0.5, 0.6) is 0 Å². The van der Waals surface area contributed by atoms with E-state index in [0.29, 0.717) is 0 Å². The third kappa shape index (κ3) is 5.42. The van der Waals surface area contributed by atoms with Crippen LogP contribution in [-0.4, -0.2) is 29.2 Å². The number of alkyl halides is 10. The van der Waals surface area contributed by atoms with Crippen molar-refractivity contribution in [1.29, 1.82) is 0 Å². The molecule has 0 radical (unpaired) electrons. The molecule has 36 heavy (non-hydrogen) atoms. The number of carbonyl (C=O) groups is 2. The van der Waals surface area contributed by atoms with Crippen LogP contribution in [0.4, 0.5) is 49.6 Å². The van der Waals surface area contributed by atoms with Gasteiger partial charge in [-0.3, -0.25) is 9.59 Å². The van der Waals surface area contributed by atoms with Gasteiger partial charge in [0.15, 0.2) is 5.69 Å². The van der Waals surface area contributed by atoms with Gasteiger partial charge in [0.05, 0.1) is 20.7 Å². The van der Waals surface area contributed by atoms with Crippen LogP contribution in [0.1, 0.15) is 45.7 Å². The summed E-state index contributed by atoms with van der Waals surface area (Å²) in [6.45, 7) is 2.54. The van der Waals surface area contributed by atoms with E-state index in [4.69, 9.17) is 23.2 Å². The van der Waals surface area contributed by atoms with E-state index >= 15 is 0 Å². The number of thiazole rings is 1. The van der Waals surface area contributed by atoms with Crippen molar-refractivity contribution in [3.8, 4) is 0 Å². The van der Waals surface area contributed by atoms with E-state index in [0.717, 1.165) is 6.92 Å². The maximum atomic E-state index is 14.5. The highest BCUT2D eigenvalue weighted by Crippen LogP contribution is 2.55. The molecule has 0 aliphatic rings. The van der Waals surface area contributed by atoms with Gasteiger partial charge in [0, 0.05) is 12.0 Å². The number of amides is 2. The average molecular weight is 593 g/mol. The minimum absolute atomic E-state index is 0.0127. The molecule has 1 aromatic carbocycles. The van der Waals surface area contributed by atoms with Crippen LogP contribution in [-0.2, 0) is 16.6 Å². The summed E-state index contributed by atoms with van der Waals surface area (Å²) in [6, 6.07) is -0.322. The predicted octanol–water partition coefficient (Wildman–Crippen LogP) is 8.04. The molecule has 0 unspecified atom stereocenters. The molecule has 0 saturated heterocycles. The zero-order valence-electron chi connectivity index (χ0n) is 17.7. The number of halogens is 12. The van der Waals surface area contributed by atoms with Gasteiger partial charge < -0.3 is 0 Å². The van der Waals surface area contributed by atoms with Gasteiger partial charge in [-0.15, -0.1) is 11.3 Å². The van der Waals surface area contributed by atoms with Crippen LogP contribution in [0.25, 0.3) is 0 Å². The summed E-state index contributed by atoms with van der Waals surface area (Å²) in [5.74, 6) is -2.93. The number of aromatic nitrogens is 1. The second-order valence-electron chi connectivity index (χ2n) is 7.14. The number of benzene rings is 1. The zero-order valence-corrected chi connectivity index (χ0v) is 20.1. The van der Waals surface area contributed by atoms with E-state index in [1.54, 1.807) is 0 Å². The van der Waals surface area contributed by atoms with Crippen molar-refractivity contribution < 1.29 is 53.5 Å². The van der Waals surface area contributed by atoms with Crippen LogP contribution >= 0.6 is 34.5 Å². The van der Waals surface area contributed by atoms with Crippen molar-refractivity contribution in [1.82, 2.24) is 4.98 Å². The first-order valence-electron chi connectivity index (χ1n) is 9.42. The third-order valence-electron chi connectivity index (χ3n) is 4.53. The number of imide groups is 1. The number of rotatable bonds is 5. The normalized spacial score (nSPS) is 13.2. The maximum absolute atomic E-state index is 14.5. The van der Waals surface area contributed by atoms with E-state index in [1.165, 1.54) is 6.92 Å². The maximum Gasteiger partial charge on any atom is 0.435 e. The van der Waals surface area contributed by atoms with Crippen molar-refractivity contribution in [2.24, 2.45) is 0 Å². The lowest BCUT2D eigenvalue weighted by molar-refractivity contribution is -0.348. The lowest BCUT2D eigenvalue weighted by atomic mass is 9.93. The van der Waals surface area contributed by atoms with Crippen LogP contribution in [0.2, 0.25) is 10.0 Å². The highest BCUT2D eigenvalue weighted by atomic mass is 35.5. The number of anilines is 1. The van der Waals surface area contributed by atoms with Gasteiger partial charge in [0.1, 0.15) is 4.88 Å². The first-order chi connectivity index (χ1) is 16.2. The molecule has 0 aliphatic heterocycles. The molecule has 1 aromatic heterocycles. The Morgan fingerprint density at radius 1 is 0.944 bits per heavy atom. The molecule has 4 nitrogen and oxygen atoms in total. The highest BCUT2D eigenvalue weighted by molar-refractivity contribution is 7.14. The van der Waals surface area contributed by atoms with Crippen LogP contribution in [0, 0.1) is 6.92 Å². The number of aryl methyl sites for hydroxylation is 1. The fourth-order valence-corrected chi connectivity index (χ4v) is 4.52. The van der Waals surface area contributed by atoms with Gasteiger partial charge in [-0.1, -0.05) is 30.1 Å². The molecule has 1 heterocycles. The Balaban J connectivity index is 2.81. The van der Waals surface area contributed by atoms with Gasteiger partial charge in [-0.25, -0.2) is 14.3 Å². The summed E-state index contributed by atoms with van der Waals surface area (Å²) in [4.78, 5) is 27.8. The average Bonchev–Trinajstić information content (AvgIpc) is 3.10. The summed E-state index contributed by atoms with van der Waals surface area (Å²) in [7, 11) is 0. The summed E-state index contributed by atoms with van der Waals surface area (Å²) in [5, 5.41) is -2.72. The molecular weight excluding hydrogens is 581 g/mol. The Morgan fingerprint density at radius 3 is 1.81 bits per heavy atom. The minimum atomic E-state index is -6.53. The van der Waals surface area contributed by atoms with Gasteiger partial charge >= 0.3 is 24.2 Å². The van der Waals surface area contributed by atoms with Crippen molar-refractivity contribution in [2.75, 3.05) is 4.90 Å². The minimum Gasteiger partial charge on any atom is -0.274 e. The lowest BCUT2D eigenvalue weighted by Crippen LogP contribution is -2.50. The Hall–Kier alpha value is -2.13. The molecule has 0 spiro atoms. The van der Waals surface area contributed by atoms with Crippen LogP contribution in [0.15, 0.2) is 12.1 Å². The smallest absolute Gasteiger partial charge is 0.274 e. The van der Waals surface area contributed by atoms with Crippen molar-refractivity contribution >= 4 is 52.0 Å². The molecule has 0 fully saturated rings. The Kier molecular flexibility index (Phi) is 8.33. The molecule has 0 bridgehead atoms. The molecule has 2 aromatic rings. The second-order valence-corrected chi connectivity index (χ2v) is 9.15. The molecule has 200 valence electrons. The van der Waals surface area contributed by atoms with Crippen molar-refractivity contribution in [2.45, 2.75) is 50.9 Å². The molecule has 2 amide bonds. The monoisotopic (exact) mass is 592 g/mol. The van der Waals surface area contributed by atoms with Gasteiger partial charge in [-0.2, -0.15) is 39.5 Å². The van der Waals surface area contributed by atoms with Crippen LogP contribution in [0.3, 0.4) is 0 Å². The Bertz CT molecular complexity index is 1140. The van der Waals surface area contributed by atoms with E-state index in [2.05, 4.69) is 4.98 Å². The predicted molar refractivity (Wildman–Crippen MR) is 110 cm³/mol. The fourth-order valence-electron chi connectivity index (χ4n) is 3.00. The summed E-state index contributed by atoms with van der Waals surface area (Å²) < 4.78 is 133. The topological polar surface area (TPSA) is 50.3 Å². The number of nitrogens with zero attached hydrogens (tertiary/aromatic N) is 2. The molecule has 17 heteroatoms. The van der Waals surface area contributed by atoms with E-state index in [-0.39, 0.29) is 39.8 Å². The summed E-state index contributed by atoms with van der Waals surface area (Å²) in [6.07, 6.45) is -18.7. The molecule has 2 rings (SSSR count). The number of hydrogen-bond donors (Lipinski definition) is 0. The first-order valence-corrected chi connectivity index (χ1v) is 11.0. The van der Waals surface area contributed by atoms with Crippen molar-refractivity contribution in [3.05, 3.63) is 43.3 Å². The van der Waals surface area contributed by atoms with E-state index in [9.17, 15) is 53.5 Å². The van der Waals surface area contributed by atoms with Gasteiger partial charge in [0.25, 0.3) is 5.91 Å². The molecule has 0 N–H and O–H groups in total. The molecular formula is C19H12Cl2F10N2O2S. The van der Waals surface area contributed by atoms with E-state index < -0.39 is 74.3 Å². The second kappa shape index (κ2) is 9.97. The Morgan fingerprint density at radius 2 is 1.42 bits per heavy atom. The van der Waals surface area contributed by atoms with Crippen molar-refractivity contribution in [3.63, 3.8) is 0 Å². The largest absolute Gasteiger partial charge is 0.435 e. The lowest BCUT2D eigenvalue weighted by Gasteiger charge is -2.31. The standard InChI is InChI=1S/C19H12Cl2F10N2O2S/c1-3-4-11(34)33(15(35)13-14(17(23,24)25)32-7(2)36-13)12-9(20)5-8(6-10(12)21)16(22,18(26,27)28)19(29,30)31/h5-6H,3-4H2,1-2H3. The molecule has 0 saturated carbocycles. The molecule has 0 aliphatic carbocycles. The number of hydrogen-bond acceptors (Lipinski definition) is 4. The quantitative estimate of drug-likeness (QED) is 0.330. The van der Waals surface area contributed by atoms with Crippen LogP contribution < -0.4 is 4.90 Å².